The largest absolute Gasteiger partial charge is 0.369 e. The lowest BCUT2D eigenvalue weighted by atomic mass is 9.97. The van der Waals surface area contributed by atoms with Crippen LogP contribution in [0.1, 0.15) is 28.8 Å². The van der Waals surface area contributed by atoms with Crippen LogP contribution in [0.3, 0.4) is 0 Å². The molecule has 1 aliphatic rings. The fraction of sp³-hybridized carbons (Fsp3) is 0.471. The van der Waals surface area contributed by atoms with Crippen molar-refractivity contribution in [1.82, 2.24) is 4.90 Å². The number of amides is 1. The zero-order chi connectivity index (χ0) is 16.8. The number of nitro groups is 1. The van der Waals surface area contributed by atoms with Crippen molar-refractivity contribution in [1.29, 1.82) is 0 Å². The molecule has 0 radical (unpaired) electrons. The van der Waals surface area contributed by atoms with Gasteiger partial charge in [-0.25, -0.2) is 0 Å². The Labute approximate surface area is 135 Å². The first-order chi connectivity index (χ1) is 11.0. The van der Waals surface area contributed by atoms with Crippen LogP contribution in [0.25, 0.3) is 0 Å². The van der Waals surface area contributed by atoms with Gasteiger partial charge in [-0.15, -0.1) is 6.42 Å². The summed E-state index contributed by atoms with van der Waals surface area (Å²) in [6.07, 6.45) is 6.84. The minimum atomic E-state index is -0.457. The molecule has 1 amide bonds. The van der Waals surface area contributed by atoms with Crippen LogP contribution in [0.5, 0.6) is 0 Å². The molecule has 122 valence electrons. The van der Waals surface area contributed by atoms with Gasteiger partial charge in [-0.3, -0.25) is 14.9 Å². The second-order valence-electron chi connectivity index (χ2n) is 5.71. The van der Waals surface area contributed by atoms with Crippen LogP contribution in [0.2, 0.25) is 0 Å². The van der Waals surface area contributed by atoms with Gasteiger partial charge >= 0.3 is 0 Å². The molecule has 1 aliphatic heterocycles. The summed E-state index contributed by atoms with van der Waals surface area (Å²) >= 11 is 0. The van der Waals surface area contributed by atoms with Crippen molar-refractivity contribution in [3.05, 3.63) is 39.4 Å². The lowest BCUT2D eigenvalue weighted by Crippen LogP contribution is -2.39. The van der Waals surface area contributed by atoms with Crippen molar-refractivity contribution < 1.29 is 14.5 Å². The van der Waals surface area contributed by atoms with E-state index in [4.69, 9.17) is 11.2 Å². The molecule has 2 rings (SSSR count). The highest BCUT2D eigenvalue weighted by Gasteiger charge is 2.25. The van der Waals surface area contributed by atoms with Gasteiger partial charge in [0.2, 0.25) is 0 Å². The Bertz CT molecular complexity index is 628. The highest BCUT2D eigenvalue weighted by molar-refractivity contribution is 5.95. The van der Waals surface area contributed by atoms with E-state index in [2.05, 4.69) is 5.92 Å². The number of likely N-dealkylation sites (tertiary alicyclic amines) is 1. The third-order valence-corrected chi connectivity index (χ3v) is 4.09. The lowest BCUT2D eigenvalue weighted by molar-refractivity contribution is -0.385. The number of nitrogens with zero attached hydrogens (tertiary/aromatic N) is 2. The van der Waals surface area contributed by atoms with E-state index in [1.807, 2.05) is 0 Å². The first-order valence-corrected chi connectivity index (χ1v) is 7.58. The third kappa shape index (κ3) is 4.30. The molecule has 0 aromatic heterocycles. The Morgan fingerprint density at radius 1 is 1.48 bits per heavy atom. The standard InChI is InChI=1S/C17H20N2O4/c1-3-10-23-12-14-6-8-18(9-7-14)17(20)15-5-4-13(2)16(11-15)19(21)22/h1,4-5,11,14H,6-10,12H2,2H3. The molecule has 1 aromatic rings. The van der Waals surface area contributed by atoms with Crippen molar-refractivity contribution in [3.63, 3.8) is 0 Å². The van der Waals surface area contributed by atoms with Gasteiger partial charge in [0.15, 0.2) is 0 Å². The summed E-state index contributed by atoms with van der Waals surface area (Å²) < 4.78 is 5.34. The summed E-state index contributed by atoms with van der Waals surface area (Å²) in [5, 5.41) is 11.0. The minimum Gasteiger partial charge on any atom is -0.369 e. The number of piperidine rings is 1. The number of carbonyl (C=O) groups is 1. The van der Waals surface area contributed by atoms with E-state index in [0.717, 1.165) is 12.8 Å². The first-order valence-electron chi connectivity index (χ1n) is 7.58. The number of terminal acetylenes is 1. The number of carbonyl (C=O) groups excluding carboxylic acids is 1. The number of rotatable bonds is 5. The van der Waals surface area contributed by atoms with Crippen LogP contribution >= 0.6 is 0 Å². The molecule has 0 spiro atoms. The van der Waals surface area contributed by atoms with Crippen molar-refractivity contribution in [2.75, 3.05) is 26.3 Å². The monoisotopic (exact) mass is 316 g/mol. The normalized spacial score (nSPS) is 15.2. The summed E-state index contributed by atoms with van der Waals surface area (Å²) in [5.41, 5.74) is 0.897. The first kappa shape index (κ1) is 17.0. The molecular weight excluding hydrogens is 296 g/mol. The molecular formula is C17H20N2O4. The summed E-state index contributed by atoms with van der Waals surface area (Å²) in [4.78, 5) is 24.8. The summed E-state index contributed by atoms with van der Waals surface area (Å²) in [6, 6.07) is 4.62. The van der Waals surface area contributed by atoms with Crippen LogP contribution in [-0.4, -0.2) is 42.0 Å². The van der Waals surface area contributed by atoms with E-state index in [9.17, 15) is 14.9 Å². The predicted octanol–water partition coefficient (Wildman–Crippen LogP) is 2.41. The van der Waals surface area contributed by atoms with Gasteiger partial charge in [-0.2, -0.15) is 0 Å². The number of hydrogen-bond donors (Lipinski definition) is 0. The van der Waals surface area contributed by atoms with Crippen LogP contribution in [0, 0.1) is 35.3 Å². The van der Waals surface area contributed by atoms with Crippen molar-refractivity contribution in [3.8, 4) is 12.3 Å². The average Bonchev–Trinajstić information content (AvgIpc) is 2.55. The Morgan fingerprint density at radius 3 is 2.78 bits per heavy atom. The quantitative estimate of drug-likeness (QED) is 0.362. The molecule has 23 heavy (non-hydrogen) atoms. The maximum absolute atomic E-state index is 12.5. The van der Waals surface area contributed by atoms with Gasteiger partial charge in [-0.05, 0) is 31.7 Å². The fourth-order valence-corrected chi connectivity index (χ4v) is 2.71. The SMILES string of the molecule is C#CCOCC1CCN(C(=O)c2ccc(C)c([N+](=O)[O-])c2)CC1. The Hall–Kier alpha value is -2.39. The maximum Gasteiger partial charge on any atom is 0.273 e. The average molecular weight is 316 g/mol. The molecule has 6 heteroatoms. The van der Waals surface area contributed by atoms with Gasteiger partial charge < -0.3 is 9.64 Å². The van der Waals surface area contributed by atoms with Gasteiger partial charge in [0.1, 0.15) is 6.61 Å². The molecule has 0 aliphatic carbocycles. The second-order valence-corrected chi connectivity index (χ2v) is 5.71. The van der Waals surface area contributed by atoms with E-state index < -0.39 is 4.92 Å². The van der Waals surface area contributed by atoms with Crippen molar-refractivity contribution in [2.45, 2.75) is 19.8 Å². The van der Waals surface area contributed by atoms with E-state index >= 15 is 0 Å². The highest BCUT2D eigenvalue weighted by atomic mass is 16.6. The molecule has 1 heterocycles. The molecule has 1 aromatic carbocycles. The number of hydrogen-bond acceptors (Lipinski definition) is 4. The Morgan fingerprint density at radius 2 is 2.17 bits per heavy atom. The van der Waals surface area contributed by atoms with Crippen molar-refractivity contribution in [2.24, 2.45) is 5.92 Å². The van der Waals surface area contributed by atoms with Gasteiger partial charge in [0, 0.05) is 30.3 Å². The maximum atomic E-state index is 12.5. The Kier molecular flexibility index (Phi) is 5.72. The van der Waals surface area contributed by atoms with Gasteiger partial charge in [-0.1, -0.05) is 12.0 Å². The topological polar surface area (TPSA) is 72.7 Å². The molecule has 0 saturated carbocycles. The number of aryl methyl sites for hydroxylation is 1. The minimum absolute atomic E-state index is 0.0200. The van der Waals surface area contributed by atoms with Crippen LogP contribution in [0.4, 0.5) is 5.69 Å². The van der Waals surface area contributed by atoms with Gasteiger partial charge in [0.05, 0.1) is 11.5 Å². The van der Waals surface area contributed by atoms with Crippen LogP contribution in [-0.2, 0) is 4.74 Å². The smallest absolute Gasteiger partial charge is 0.273 e. The van der Waals surface area contributed by atoms with E-state index in [1.165, 1.54) is 6.07 Å². The van der Waals surface area contributed by atoms with Crippen LogP contribution < -0.4 is 0 Å². The summed E-state index contributed by atoms with van der Waals surface area (Å²) in [7, 11) is 0. The number of benzene rings is 1. The molecule has 0 bridgehead atoms. The molecule has 6 nitrogen and oxygen atoms in total. The Balaban J connectivity index is 1.96. The highest BCUT2D eigenvalue weighted by Crippen LogP contribution is 2.23. The van der Waals surface area contributed by atoms with E-state index in [1.54, 1.807) is 24.0 Å². The molecule has 1 saturated heterocycles. The molecule has 0 unspecified atom stereocenters. The summed E-state index contributed by atoms with van der Waals surface area (Å²) in [6.45, 7) is 3.84. The molecule has 0 N–H and O–H groups in total. The zero-order valence-electron chi connectivity index (χ0n) is 13.2. The fourth-order valence-electron chi connectivity index (χ4n) is 2.71. The van der Waals surface area contributed by atoms with E-state index in [-0.39, 0.29) is 11.6 Å². The zero-order valence-corrected chi connectivity index (χ0v) is 13.2. The van der Waals surface area contributed by atoms with Crippen LogP contribution in [0.15, 0.2) is 18.2 Å². The third-order valence-electron chi connectivity index (χ3n) is 4.09. The van der Waals surface area contributed by atoms with E-state index in [0.29, 0.717) is 43.3 Å². The number of ether oxygens (including phenoxy) is 1. The van der Waals surface area contributed by atoms with Gasteiger partial charge in [0.25, 0.3) is 11.6 Å². The second kappa shape index (κ2) is 7.75. The summed E-state index contributed by atoms with van der Waals surface area (Å²) in [5.74, 6) is 2.68. The van der Waals surface area contributed by atoms with Crippen molar-refractivity contribution >= 4 is 11.6 Å². The lowest BCUT2D eigenvalue weighted by Gasteiger charge is -2.31. The predicted molar refractivity (Wildman–Crippen MR) is 86.1 cm³/mol. The molecule has 0 atom stereocenters. The molecule has 1 fully saturated rings. The number of nitro benzene ring substituents is 1.